The first-order chi connectivity index (χ1) is 7.27. The Morgan fingerprint density at radius 3 is 2.44 bits per heavy atom. The third-order valence-corrected chi connectivity index (χ3v) is 4.14. The largest absolute Gasteiger partial charge is 0.368 e. The van der Waals surface area contributed by atoms with Crippen molar-refractivity contribution in [2.75, 3.05) is 18.6 Å². The highest BCUT2D eigenvalue weighted by Crippen LogP contribution is 2.37. The molecule has 1 fully saturated rings. The molecule has 2 unspecified atom stereocenters. The molecule has 0 aromatic carbocycles. The fraction of sp³-hybridized carbons (Fsp3) is 1.00. The second kappa shape index (κ2) is 5.28. The van der Waals surface area contributed by atoms with Crippen molar-refractivity contribution in [1.29, 1.82) is 0 Å². The molecule has 1 aliphatic heterocycles. The Morgan fingerprint density at radius 2 is 2.00 bits per heavy atom. The van der Waals surface area contributed by atoms with Gasteiger partial charge in [-0.3, -0.25) is 0 Å². The van der Waals surface area contributed by atoms with Crippen LogP contribution in [0.2, 0.25) is 0 Å². The molecule has 96 valence electrons. The van der Waals surface area contributed by atoms with Crippen molar-refractivity contribution in [3.63, 3.8) is 0 Å². The van der Waals surface area contributed by atoms with Crippen molar-refractivity contribution in [3.8, 4) is 0 Å². The zero-order valence-corrected chi connectivity index (χ0v) is 12.4. The fourth-order valence-electron chi connectivity index (χ4n) is 2.57. The van der Waals surface area contributed by atoms with E-state index in [0.717, 1.165) is 18.9 Å². The molecular weight excluding hydrogens is 218 g/mol. The summed E-state index contributed by atoms with van der Waals surface area (Å²) in [6.07, 6.45) is 3.27. The molecule has 0 aromatic heterocycles. The van der Waals surface area contributed by atoms with Gasteiger partial charge < -0.3 is 10.1 Å². The average Bonchev–Trinajstić information content (AvgIpc) is 2.31. The quantitative estimate of drug-likeness (QED) is 0.805. The number of nitrogens with one attached hydrogen (secondary N) is 1. The van der Waals surface area contributed by atoms with Gasteiger partial charge in [0.15, 0.2) is 0 Å². The van der Waals surface area contributed by atoms with E-state index in [1.54, 1.807) is 0 Å². The minimum absolute atomic E-state index is 0.0178. The Morgan fingerprint density at radius 1 is 1.38 bits per heavy atom. The van der Waals surface area contributed by atoms with Crippen LogP contribution in [0.3, 0.4) is 0 Å². The second-order valence-electron chi connectivity index (χ2n) is 6.19. The molecule has 2 nitrogen and oxygen atoms in total. The van der Waals surface area contributed by atoms with Crippen molar-refractivity contribution in [2.24, 2.45) is 5.92 Å². The van der Waals surface area contributed by atoms with Crippen molar-refractivity contribution in [3.05, 3.63) is 0 Å². The molecule has 0 spiro atoms. The van der Waals surface area contributed by atoms with Crippen LogP contribution in [-0.2, 0) is 4.74 Å². The van der Waals surface area contributed by atoms with Crippen LogP contribution in [0.15, 0.2) is 0 Å². The smallest absolute Gasteiger partial charge is 0.0787 e. The van der Waals surface area contributed by atoms with Crippen LogP contribution in [0.25, 0.3) is 0 Å². The van der Waals surface area contributed by atoms with Crippen LogP contribution in [-0.4, -0.2) is 35.8 Å². The third-order valence-electron chi connectivity index (χ3n) is 3.24. The van der Waals surface area contributed by atoms with Crippen molar-refractivity contribution < 1.29 is 4.74 Å². The molecule has 0 aliphatic carbocycles. The van der Waals surface area contributed by atoms with E-state index in [1.807, 2.05) is 11.8 Å². The maximum atomic E-state index is 6.07. The predicted molar refractivity (Wildman–Crippen MR) is 73.2 cm³/mol. The van der Waals surface area contributed by atoms with Gasteiger partial charge in [-0.1, -0.05) is 6.92 Å². The molecular formula is C13H27NOS. The van der Waals surface area contributed by atoms with Gasteiger partial charge in [0.1, 0.15) is 0 Å². The molecule has 1 rings (SSSR count). The first-order valence-electron chi connectivity index (χ1n) is 6.19. The predicted octanol–water partition coefficient (Wildman–Crippen LogP) is 2.92. The SMILES string of the molecule is CSCC(C)CNC1CC(C)(C)OC1(C)C. The van der Waals surface area contributed by atoms with Gasteiger partial charge in [-0.25, -0.2) is 0 Å². The molecule has 16 heavy (non-hydrogen) atoms. The molecule has 0 bridgehead atoms. The summed E-state index contributed by atoms with van der Waals surface area (Å²) >= 11 is 1.92. The number of thioether (sulfide) groups is 1. The summed E-state index contributed by atoms with van der Waals surface area (Å²) < 4.78 is 6.07. The summed E-state index contributed by atoms with van der Waals surface area (Å²) in [7, 11) is 0. The number of ether oxygens (including phenoxy) is 1. The highest BCUT2D eigenvalue weighted by molar-refractivity contribution is 7.98. The van der Waals surface area contributed by atoms with Gasteiger partial charge in [0, 0.05) is 6.04 Å². The Kier molecular flexibility index (Phi) is 4.73. The molecule has 3 heteroatoms. The molecule has 0 aromatic rings. The Balaban J connectivity index is 2.42. The third kappa shape index (κ3) is 3.94. The molecule has 1 aliphatic rings. The minimum atomic E-state index is -0.0391. The topological polar surface area (TPSA) is 21.3 Å². The summed E-state index contributed by atoms with van der Waals surface area (Å²) in [6, 6.07) is 0.479. The molecule has 0 radical (unpaired) electrons. The molecule has 1 N–H and O–H groups in total. The van der Waals surface area contributed by atoms with Crippen LogP contribution in [0, 0.1) is 5.92 Å². The summed E-state index contributed by atoms with van der Waals surface area (Å²) in [6.45, 7) is 12.1. The van der Waals surface area contributed by atoms with Crippen LogP contribution < -0.4 is 5.32 Å². The van der Waals surface area contributed by atoms with Gasteiger partial charge in [-0.2, -0.15) is 11.8 Å². The van der Waals surface area contributed by atoms with Crippen LogP contribution >= 0.6 is 11.8 Å². The Labute approximate surface area is 105 Å². The molecule has 1 saturated heterocycles. The van der Waals surface area contributed by atoms with E-state index in [1.165, 1.54) is 5.75 Å². The van der Waals surface area contributed by atoms with Gasteiger partial charge in [0.25, 0.3) is 0 Å². The lowest BCUT2D eigenvalue weighted by Gasteiger charge is -2.28. The lowest BCUT2D eigenvalue weighted by Crippen LogP contribution is -2.45. The van der Waals surface area contributed by atoms with E-state index in [2.05, 4.69) is 46.2 Å². The van der Waals surface area contributed by atoms with Crippen molar-refractivity contribution in [1.82, 2.24) is 5.32 Å². The summed E-state index contributed by atoms with van der Waals surface area (Å²) in [5, 5.41) is 3.67. The van der Waals surface area contributed by atoms with Crippen molar-refractivity contribution in [2.45, 2.75) is 58.3 Å². The summed E-state index contributed by atoms with van der Waals surface area (Å²) in [5.41, 5.74) is -0.0213. The van der Waals surface area contributed by atoms with E-state index >= 15 is 0 Å². The van der Waals surface area contributed by atoms with E-state index in [4.69, 9.17) is 4.74 Å². The average molecular weight is 245 g/mol. The molecule has 0 saturated carbocycles. The van der Waals surface area contributed by atoms with E-state index in [-0.39, 0.29) is 11.2 Å². The lowest BCUT2D eigenvalue weighted by atomic mass is 9.94. The Bertz CT molecular complexity index is 228. The van der Waals surface area contributed by atoms with E-state index < -0.39 is 0 Å². The zero-order chi connectivity index (χ0) is 12.4. The summed E-state index contributed by atoms with van der Waals surface area (Å²) in [4.78, 5) is 0. The van der Waals surface area contributed by atoms with Crippen LogP contribution in [0.4, 0.5) is 0 Å². The molecule has 1 heterocycles. The minimum Gasteiger partial charge on any atom is -0.368 e. The monoisotopic (exact) mass is 245 g/mol. The van der Waals surface area contributed by atoms with Gasteiger partial charge in [0.2, 0.25) is 0 Å². The number of hydrogen-bond donors (Lipinski definition) is 1. The molecule has 2 atom stereocenters. The highest BCUT2D eigenvalue weighted by atomic mass is 32.2. The maximum Gasteiger partial charge on any atom is 0.0787 e. The maximum absolute atomic E-state index is 6.07. The highest BCUT2D eigenvalue weighted by Gasteiger charge is 2.45. The number of rotatable bonds is 5. The standard InChI is InChI=1S/C13H27NOS/c1-10(9-16-6)8-14-11-7-12(2,3)15-13(11,4)5/h10-11,14H,7-9H2,1-6H3. The first-order valence-corrected chi connectivity index (χ1v) is 7.59. The zero-order valence-electron chi connectivity index (χ0n) is 11.6. The van der Waals surface area contributed by atoms with Gasteiger partial charge in [-0.15, -0.1) is 0 Å². The summed E-state index contributed by atoms with van der Waals surface area (Å²) in [5.74, 6) is 1.96. The fourth-order valence-corrected chi connectivity index (χ4v) is 3.25. The lowest BCUT2D eigenvalue weighted by molar-refractivity contribution is -0.0699. The first kappa shape index (κ1) is 14.3. The normalized spacial score (nSPS) is 29.2. The van der Waals surface area contributed by atoms with Crippen molar-refractivity contribution >= 4 is 11.8 Å². The Hall–Kier alpha value is 0.270. The van der Waals surface area contributed by atoms with E-state index in [9.17, 15) is 0 Å². The van der Waals surface area contributed by atoms with Gasteiger partial charge in [0.05, 0.1) is 11.2 Å². The van der Waals surface area contributed by atoms with Crippen LogP contribution in [0.5, 0.6) is 0 Å². The van der Waals surface area contributed by atoms with Crippen LogP contribution in [0.1, 0.15) is 41.0 Å². The van der Waals surface area contributed by atoms with E-state index in [0.29, 0.717) is 6.04 Å². The van der Waals surface area contributed by atoms with Gasteiger partial charge >= 0.3 is 0 Å². The molecule has 0 amide bonds. The number of hydrogen-bond acceptors (Lipinski definition) is 3. The second-order valence-corrected chi connectivity index (χ2v) is 7.10. The van der Waals surface area contributed by atoms with Gasteiger partial charge in [-0.05, 0) is 58.6 Å².